The maximum Gasteiger partial charge on any atom is 0.488 e. The second kappa shape index (κ2) is 23.9. The molecule has 0 atom stereocenters. The van der Waals surface area contributed by atoms with Gasteiger partial charge in [0.2, 0.25) is 0 Å². The van der Waals surface area contributed by atoms with Gasteiger partial charge in [-0.2, -0.15) is 0 Å². The van der Waals surface area contributed by atoms with Gasteiger partial charge in [-0.05, 0) is 111 Å². The molecule has 3 heteroatoms. The first-order chi connectivity index (χ1) is 32.4. The van der Waals surface area contributed by atoms with E-state index in [1.807, 2.05) is 0 Å². The van der Waals surface area contributed by atoms with Crippen LogP contribution < -0.4 is 5.46 Å². The normalized spacial score (nSPS) is 15.3. The Morgan fingerprint density at radius 3 is 0.924 bits per heavy atom. The molecule has 0 unspecified atom stereocenters. The molecule has 3 aliphatic carbocycles. The Hall–Kier alpha value is -3.14. The highest BCUT2D eigenvalue weighted by atomic mass is 16.4. The van der Waals surface area contributed by atoms with E-state index in [0.29, 0.717) is 5.46 Å². The Kier molecular flexibility index (Phi) is 18.4. The molecule has 0 fully saturated rings. The molecule has 0 spiro atoms. The molecule has 3 aliphatic rings. The predicted octanol–water partition coefficient (Wildman–Crippen LogP) is 18.0. The van der Waals surface area contributed by atoms with Crippen LogP contribution in [-0.4, -0.2) is 17.2 Å². The summed E-state index contributed by atoms with van der Waals surface area (Å²) in [4.78, 5) is 0. The second-order valence-electron chi connectivity index (χ2n) is 21.6. The predicted molar refractivity (Wildman–Crippen MR) is 287 cm³/mol. The van der Waals surface area contributed by atoms with E-state index in [2.05, 4.69) is 108 Å². The zero-order valence-corrected chi connectivity index (χ0v) is 43.0. The van der Waals surface area contributed by atoms with E-state index in [0.717, 1.165) is 12.8 Å². The van der Waals surface area contributed by atoms with Gasteiger partial charge in [0.1, 0.15) is 0 Å². The zero-order valence-electron chi connectivity index (χ0n) is 43.0. The SMILES string of the molecule is CCCCCCC1(CCCCCC)c2ccccc2-c2c1c1c(c3c2C(CCCCCC)(CCCCCC)c2cc(B(O)O)ccc2-3)C(CCCCCC)(CCCCCC)c2ccccc2-1. The van der Waals surface area contributed by atoms with E-state index in [9.17, 15) is 10.0 Å². The van der Waals surface area contributed by atoms with Crippen molar-refractivity contribution in [3.63, 3.8) is 0 Å². The molecular formula is C63H91BO2. The molecule has 4 aromatic carbocycles. The van der Waals surface area contributed by atoms with Crippen molar-refractivity contribution in [3.8, 4) is 33.4 Å². The van der Waals surface area contributed by atoms with Crippen molar-refractivity contribution in [1.29, 1.82) is 0 Å². The van der Waals surface area contributed by atoms with Crippen molar-refractivity contribution < 1.29 is 10.0 Å². The van der Waals surface area contributed by atoms with Gasteiger partial charge in [0.25, 0.3) is 0 Å². The maximum atomic E-state index is 11.0. The minimum absolute atomic E-state index is 0.0580. The molecule has 2 N–H and O–H groups in total. The maximum absolute atomic E-state index is 11.0. The first kappa shape index (κ1) is 50.7. The van der Waals surface area contributed by atoms with E-state index < -0.39 is 7.12 Å². The van der Waals surface area contributed by atoms with Crippen LogP contribution in [0.25, 0.3) is 33.4 Å². The minimum atomic E-state index is -1.49. The van der Waals surface area contributed by atoms with Gasteiger partial charge in [0, 0.05) is 16.2 Å². The highest BCUT2D eigenvalue weighted by Gasteiger charge is 2.57. The fourth-order valence-corrected chi connectivity index (χ4v) is 14.0. The Morgan fingerprint density at radius 2 is 0.621 bits per heavy atom. The van der Waals surface area contributed by atoms with Crippen molar-refractivity contribution in [2.24, 2.45) is 0 Å². The number of benzene rings is 4. The summed E-state index contributed by atoms with van der Waals surface area (Å²) in [6, 6.07) is 26.5. The number of fused-ring (bicyclic) bond motifs is 12. The molecule has 0 aliphatic heterocycles. The zero-order chi connectivity index (χ0) is 46.6. The lowest BCUT2D eigenvalue weighted by Gasteiger charge is -2.39. The van der Waals surface area contributed by atoms with Crippen LogP contribution in [0.15, 0.2) is 66.7 Å². The van der Waals surface area contributed by atoms with Crippen molar-refractivity contribution in [3.05, 3.63) is 100 Å². The molecule has 2 nitrogen and oxygen atoms in total. The van der Waals surface area contributed by atoms with Crippen LogP contribution in [0.3, 0.4) is 0 Å². The summed E-state index contributed by atoms with van der Waals surface area (Å²) in [5.41, 5.74) is 19.2. The monoisotopic (exact) mass is 891 g/mol. The Morgan fingerprint density at radius 1 is 0.333 bits per heavy atom. The lowest BCUT2D eigenvalue weighted by molar-refractivity contribution is 0.389. The molecule has 0 bridgehead atoms. The third-order valence-electron chi connectivity index (χ3n) is 17.2. The summed E-state index contributed by atoms with van der Waals surface area (Å²) in [7, 11) is -1.49. The summed E-state index contributed by atoms with van der Waals surface area (Å²) in [5, 5.41) is 22.0. The van der Waals surface area contributed by atoms with E-state index in [4.69, 9.17) is 0 Å². The minimum Gasteiger partial charge on any atom is -0.423 e. The average Bonchev–Trinajstić information content (AvgIpc) is 3.89. The standard InChI is InChI=1S/C63H91BO2/c1-7-13-19-29-41-61(42-30-20-14-8-2)53-38-28-26-36-50(53)56-58(61)55-49-35-25-27-37-52(49)62(43-31-21-15-9-3,44-32-22-16-10-4)59(55)57-51-40-39-48(64(65)66)47-54(51)63(60(56)57,45-33-23-17-11-5)46-34-24-18-12-6/h25-28,35-40,47,65-66H,7-24,29-34,41-46H2,1-6H3. The molecule has 358 valence electrons. The summed E-state index contributed by atoms with van der Waals surface area (Å²) in [6.45, 7) is 14.2. The number of hydrogen-bond acceptors (Lipinski definition) is 2. The highest BCUT2D eigenvalue weighted by Crippen LogP contribution is 2.71. The van der Waals surface area contributed by atoms with Gasteiger partial charge in [0.05, 0.1) is 0 Å². The summed E-state index contributed by atoms with van der Waals surface area (Å²) < 4.78 is 0. The first-order valence-corrected chi connectivity index (χ1v) is 28.3. The number of rotatable bonds is 31. The van der Waals surface area contributed by atoms with Crippen LogP contribution in [-0.2, 0) is 16.2 Å². The largest absolute Gasteiger partial charge is 0.488 e. The van der Waals surface area contributed by atoms with Crippen molar-refractivity contribution in [2.45, 2.75) is 250 Å². The Bertz CT molecular complexity index is 2120. The van der Waals surface area contributed by atoms with Crippen LogP contribution in [0.5, 0.6) is 0 Å². The van der Waals surface area contributed by atoms with Gasteiger partial charge in [-0.25, -0.2) is 0 Å². The van der Waals surface area contributed by atoms with E-state index in [1.165, 1.54) is 202 Å². The van der Waals surface area contributed by atoms with Crippen LogP contribution in [0.4, 0.5) is 0 Å². The molecular weight excluding hydrogens is 800 g/mol. The third-order valence-corrected chi connectivity index (χ3v) is 17.2. The van der Waals surface area contributed by atoms with Crippen LogP contribution in [0.1, 0.15) is 268 Å². The molecule has 0 amide bonds. The molecule has 0 heterocycles. The van der Waals surface area contributed by atoms with Gasteiger partial charge in [-0.1, -0.05) is 262 Å². The molecule has 7 rings (SSSR count). The fraction of sp³-hybridized carbons (Fsp3) is 0.619. The fourth-order valence-electron chi connectivity index (χ4n) is 14.0. The molecule has 0 saturated heterocycles. The highest BCUT2D eigenvalue weighted by molar-refractivity contribution is 6.58. The van der Waals surface area contributed by atoms with Gasteiger partial charge >= 0.3 is 7.12 Å². The number of hydrogen-bond donors (Lipinski definition) is 2. The molecule has 0 radical (unpaired) electrons. The third kappa shape index (κ3) is 9.71. The first-order valence-electron chi connectivity index (χ1n) is 28.3. The molecule has 66 heavy (non-hydrogen) atoms. The van der Waals surface area contributed by atoms with E-state index >= 15 is 0 Å². The molecule has 0 aromatic heterocycles. The number of unbranched alkanes of at least 4 members (excludes halogenated alkanes) is 18. The van der Waals surface area contributed by atoms with Crippen molar-refractivity contribution >= 4 is 12.6 Å². The lowest BCUT2D eigenvalue weighted by Crippen LogP contribution is -2.33. The quantitative estimate of drug-likeness (QED) is 0.0390. The molecule has 0 saturated carbocycles. The smallest absolute Gasteiger partial charge is 0.423 e. The van der Waals surface area contributed by atoms with Crippen LogP contribution in [0.2, 0.25) is 0 Å². The van der Waals surface area contributed by atoms with Crippen molar-refractivity contribution in [2.75, 3.05) is 0 Å². The van der Waals surface area contributed by atoms with Crippen LogP contribution >= 0.6 is 0 Å². The molecule has 4 aromatic rings. The summed E-state index contributed by atoms with van der Waals surface area (Å²) in [5.74, 6) is 0. The van der Waals surface area contributed by atoms with E-state index in [-0.39, 0.29) is 16.2 Å². The topological polar surface area (TPSA) is 40.5 Å². The van der Waals surface area contributed by atoms with Gasteiger partial charge in [-0.15, -0.1) is 0 Å². The van der Waals surface area contributed by atoms with Gasteiger partial charge < -0.3 is 10.0 Å². The average molecular weight is 891 g/mol. The van der Waals surface area contributed by atoms with Crippen LogP contribution in [0, 0.1) is 0 Å². The van der Waals surface area contributed by atoms with E-state index in [1.54, 1.807) is 44.5 Å². The van der Waals surface area contributed by atoms with Gasteiger partial charge in [-0.3, -0.25) is 0 Å². The summed E-state index contributed by atoms with van der Waals surface area (Å²) >= 11 is 0. The Balaban J connectivity index is 1.68. The lowest BCUT2D eigenvalue weighted by atomic mass is 9.63. The second-order valence-corrected chi connectivity index (χ2v) is 21.6. The Labute approximate surface area is 404 Å². The summed E-state index contributed by atoms with van der Waals surface area (Å²) in [6.07, 6.45) is 37.3. The van der Waals surface area contributed by atoms with Gasteiger partial charge in [0.15, 0.2) is 0 Å². The van der Waals surface area contributed by atoms with Crippen molar-refractivity contribution in [1.82, 2.24) is 0 Å².